The first-order chi connectivity index (χ1) is 13.4. The fourth-order valence-electron chi connectivity index (χ4n) is 2.78. The molecular formula is C22H19Cl2N2OS+. The number of hydrogen-bond acceptors (Lipinski definition) is 2. The Labute approximate surface area is 179 Å². The van der Waals surface area contributed by atoms with Crippen LogP contribution in [0.1, 0.15) is 16.7 Å². The summed E-state index contributed by atoms with van der Waals surface area (Å²) in [7, 11) is 0. The Hall–Kier alpha value is -2.40. The fourth-order valence-corrected chi connectivity index (χ4v) is 3.45. The molecule has 0 saturated carbocycles. The second-order valence-electron chi connectivity index (χ2n) is 6.36. The first-order valence-corrected chi connectivity index (χ1v) is 9.77. The molecule has 0 bridgehead atoms. The number of aliphatic hydroxyl groups is 1. The van der Waals surface area contributed by atoms with Crippen molar-refractivity contribution in [2.75, 3.05) is 5.32 Å². The van der Waals surface area contributed by atoms with E-state index in [1.807, 2.05) is 56.6 Å². The van der Waals surface area contributed by atoms with Crippen molar-refractivity contribution in [3.05, 3.63) is 93.7 Å². The first kappa shape index (κ1) is 20.3. The Morgan fingerprint density at radius 2 is 1.79 bits per heavy atom. The minimum atomic E-state index is 0.0234. The average molecular weight is 430 g/mol. The number of benzene rings is 2. The van der Waals surface area contributed by atoms with Crippen LogP contribution in [0, 0.1) is 13.8 Å². The largest absolute Gasteiger partial charge is 0.502 e. The molecule has 0 amide bonds. The number of aliphatic hydroxyl groups excluding tert-OH is 1. The van der Waals surface area contributed by atoms with Gasteiger partial charge in [0, 0.05) is 32.9 Å². The van der Waals surface area contributed by atoms with Crippen molar-refractivity contribution in [1.29, 1.82) is 0 Å². The van der Waals surface area contributed by atoms with Gasteiger partial charge in [0.15, 0.2) is 23.1 Å². The summed E-state index contributed by atoms with van der Waals surface area (Å²) in [4.78, 5) is 0.360. The summed E-state index contributed by atoms with van der Waals surface area (Å²) in [6, 6.07) is 16.4. The molecule has 0 fully saturated rings. The van der Waals surface area contributed by atoms with Crippen LogP contribution in [0.4, 0.5) is 5.69 Å². The molecule has 2 aromatic carbocycles. The van der Waals surface area contributed by atoms with Crippen molar-refractivity contribution in [2.45, 2.75) is 13.8 Å². The van der Waals surface area contributed by atoms with E-state index in [0.717, 1.165) is 16.8 Å². The molecule has 0 spiro atoms. The van der Waals surface area contributed by atoms with E-state index in [2.05, 4.69) is 5.32 Å². The minimum Gasteiger partial charge on any atom is -0.502 e. The molecule has 3 aromatic rings. The molecule has 3 rings (SSSR count). The molecule has 0 aliphatic carbocycles. The second-order valence-corrected chi connectivity index (χ2v) is 7.61. The van der Waals surface area contributed by atoms with Gasteiger partial charge in [-0.1, -0.05) is 53.6 Å². The zero-order valence-corrected chi connectivity index (χ0v) is 17.7. The quantitative estimate of drug-likeness (QED) is 0.223. The van der Waals surface area contributed by atoms with Crippen LogP contribution in [0.2, 0.25) is 10.0 Å². The van der Waals surface area contributed by atoms with Gasteiger partial charge < -0.3 is 10.4 Å². The second kappa shape index (κ2) is 8.74. The average Bonchev–Trinajstić information content (AvgIpc) is 2.66. The van der Waals surface area contributed by atoms with Crippen LogP contribution >= 0.6 is 35.4 Å². The molecule has 1 heterocycles. The lowest BCUT2D eigenvalue weighted by molar-refractivity contribution is -0.576. The molecule has 6 heteroatoms. The maximum atomic E-state index is 11.1. The van der Waals surface area contributed by atoms with Crippen LogP contribution in [0.3, 0.4) is 0 Å². The normalized spacial score (nSPS) is 11.7. The molecule has 1 aromatic heterocycles. The Balaban J connectivity index is 2.12. The van der Waals surface area contributed by atoms with E-state index >= 15 is 0 Å². The summed E-state index contributed by atoms with van der Waals surface area (Å²) < 4.78 is 1.79. The van der Waals surface area contributed by atoms with E-state index < -0.39 is 0 Å². The highest BCUT2D eigenvalue weighted by molar-refractivity contribution is 7.81. The number of anilines is 1. The molecule has 142 valence electrons. The molecule has 0 saturated heterocycles. The van der Waals surface area contributed by atoms with Gasteiger partial charge in [0.05, 0.1) is 0 Å². The van der Waals surface area contributed by atoms with E-state index in [4.69, 9.17) is 35.4 Å². The summed E-state index contributed by atoms with van der Waals surface area (Å²) in [6.45, 7) is 3.88. The van der Waals surface area contributed by atoms with Gasteiger partial charge in [-0.25, -0.2) is 0 Å². The summed E-state index contributed by atoms with van der Waals surface area (Å²) in [5.41, 5.74) is 3.70. The van der Waals surface area contributed by atoms with E-state index in [1.54, 1.807) is 28.8 Å². The number of aromatic nitrogens is 1. The van der Waals surface area contributed by atoms with Crippen molar-refractivity contribution >= 4 is 57.6 Å². The van der Waals surface area contributed by atoms with Gasteiger partial charge in [-0.15, -0.1) is 0 Å². The number of nitrogens with zero attached hydrogens (tertiary/aromatic N) is 1. The van der Waals surface area contributed by atoms with Crippen LogP contribution < -0.4 is 9.88 Å². The Morgan fingerprint density at radius 3 is 2.50 bits per heavy atom. The molecule has 0 unspecified atom stereocenters. The van der Waals surface area contributed by atoms with E-state index in [1.165, 1.54) is 0 Å². The van der Waals surface area contributed by atoms with Crippen molar-refractivity contribution < 1.29 is 9.67 Å². The molecule has 3 nitrogen and oxygen atoms in total. The standard InChI is InChI=1S/C22H18Cl2N2OS/c1-14-6-5-11-26(13-14)20(21(27)16-7-3-8-17(23)12-16)22(28)25-19-10-4-9-18(24)15(19)2/h3-13H,1-2H3,(H-,25,27,28)/p+1. The molecule has 2 N–H and O–H groups in total. The number of pyridine rings is 1. The maximum Gasteiger partial charge on any atom is 0.288 e. The molecule has 0 radical (unpaired) electrons. The summed E-state index contributed by atoms with van der Waals surface area (Å²) in [5.74, 6) is 0.0234. The lowest BCUT2D eigenvalue weighted by Crippen LogP contribution is -2.38. The molecule has 28 heavy (non-hydrogen) atoms. The Bertz CT molecular complexity index is 1080. The van der Waals surface area contributed by atoms with E-state index in [9.17, 15) is 5.11 Å². The summed E-state index contributed by atoms with van der Waals surface area (Å²) in [5, 5.41) is 15.4. The Morgan fingerprint density at radius 1 is 1.04 bits per heavy atom. The monoisotopic (exact) mass is 429 g/mol. The third kappa shape index (κ3) is 4.53. The molecule has 0 atom stereocenters. The zero-order chi connectivity index (χ0) is 20.3. The third-order valence-corrected chi connectivity index (χ3v) is 5.20. The number of rotatable bonds is 4. The third-order valence-electron chi connectivity index (χ3n) is 4.26. The van der Waals surface area contributed by atoms with Crippen molar-refractivity contribution in [3.8, 4) is 0 Å². The van der Waals surface area contributed by atoms with Crippen LogP contribution in [-0.2, 0) is 0 Å². The van der Waals surface area contributed by atoms with Crippen molar-refractivity contribution in [3.63, 3.8) is 0 Å². The lowest BCUT2D eigenvalue weighted by atomic mass is 10.1. The number of thiocarbonyl (C=S) groups is 1. The summed E-state index contributed by atoms with van der Waals surface area (Å²) in [6.07, 6.45) is 3.73. The number of nitrogens with one attached hydrogen (secondary N) is 1. The number of hydrogen-bond donors (Lipinski definition) is 2. The van der Waals surface area contributed by atoms with Crippen LogP contribution in [0.25, 0.3) is 11.5 Å². The number of halogens is 2. The molecule has 0 aliphatic rings. The van der Waals surface area contributed by atoms with E-state index in [-0.39, 0.29) is 5.76 Å². The van der Waals surface area contributed by atoms with Gasteiger partial charge in [0.2, 0.25) is 0 Å². The zero-order valence-electron chi connectivity index (χ0n) is 15.4. The Kier molecular flexibility index (Phi) is 6.35. The fraction of sp³-hybridized carbons (Fsp3) is 0.0909. The van der Waals surface area contributed by atoms with Crippen LogP contribution in [0.15, 0.2) is 67.0 Å². The van der Waals surface area contributed by atoms with Crippen molar-refractivity contribution in [2.24, 2.45) is 0 Å². The highest BCUT2D eigenvalue weighted by Crippen LogP contribution is 2.25. The number of aryl methyl sites for hydroxylation is 1. The van der Waals surface area contributed by atoms with Gasteiger partial charge in [0.25, 0.3) is 5.70 Å². The van der Waals surface area contributed by atoms with Crippen molar-refractivity contribution in [1.82, 2.24) is 0 Å². The first-order valence-electron chi connectivity index (χ1n) is 8.61. The SMILES string of the molecule is Cc1ccc[n+](/C(C(=S)Nc2cccc(Cl)c2C)=C(/O)c2cccc(Cl)c2)c1. The van der Waals surface area contributed by atoms with E-state index in [0.29, 0.717) is 26.3 Å². The van der Waals surface area contributed by atoms with Gasteiger partial charge >= 0.3 is 0 Å². The van der Waals surface area contributed by atoms with Crippen LogP contribution in [-0.4, -0.2) is 10.1 Å². The molecule has 0 aliphatic heterocycles. The minimum absolute atomic E-state index is 0.0234. The summed E-state index contributed by atoms with van der Waals surface area (Å²) >= 11 is 18.0. The maximum absolute atomic E-state index is 11.1. The predicted molar refractivity (Wildman–Crippen MR) is 121 cm³/mol. The molecular weight excluding hydrogens is 411 g/mol. The van der Waals surface area contributed by atoms with Gasteiger partial charge in [-0.2, -0.15) is 4.57 Å². The van der Waals surface area contributed by atoms with Gasteiger partial charge in [-0.3, -0.25) is 0 Å². The highest BCUT2D eigenvalue weighted by atomic mass is 35.5. The lowest BCUT2D eigenvalue weighted by Gasteiger charge is -2.13. The van der Waals surface area contributed by atoms with Crippen LogP contribution in [0.5, 0.6) is 0 Å². The predicted octanol–water partition coefficient (Wildman–Crippen LogP) is 6.22. The topological polar surface area (TPSA) is 36.1 Å². The van der Waals surface area contributed by atoms with Gasteiger partial charge in [-0.05, 0) is 49.7 Å². The highest BCUT2D eigenvalue weighted by Gasteiger charge is 2.24. The smallest absolute Gasteiger partial charge is 0.288 e. The van der Waals surface area contributed by atoms with Gasteiger partial charge in [0.1, 0.15) is 0 Å².